The number of rotatable bonds is 3. The third-order valence-electron chi connectivity index (χ3n) is 4.82. The Hall–Kier alpha value is -1.64. The van der Waals surface area contributed by atoms with Crippen molar-refractivity contribution in [1.29, 1.82) is 0 Å². The van der Waals surface area contributed by atoms with Crippen LogP contribution in [0.25, 0.3) is 11.0 Å². The maximum Gasteiger partial charge on any atom is 0.274 e. The van der Waals surface area contributed by atoms with Crippen molar-refractivity contribution in [2.24, 2.45) is 17.6 Å². The number of nitrogens with one attached hydrogen (secondary N) is 1. The summed E-state index contributed by atoms with van der Waals surface area (Å²) >= 11 is 0. The predicted molar refractivity (Wildman–Crippen MR) is 84.6 cm³/mol. The number of nitrogens with zero attached hydrogens (tertiary/aromatic N) is 3. The lowest BCUT2D eigenvalue weighted by Gasteiger charge is -2.59. The van der Waals surface area contributed by atoms with E-state index in [9.17, 15) is 8.42 Å². The number of aryl methyl sites for hydroxylation is 1. The summed E-state index contributed by atoms with van der Waals surface area (Å²) in [5.41, 5.74) is 3.59. The zero-order valence-electron chi connectivity index (χ0n) is 12.4. The Morgan fingerprint density at radius 3 is 2.77 bits per heavy atom. The van der Waals surface area contributed by atoms with Gasteiger partial charge in [-0.25, -0.2) is 5.14 Å². The zero-order valence-corrected chi connectivity index (χ0v) is 13.2. The Morgan fingerprint density at radius 2 is 2.09 bits per heavy atom. The van der Waals surface area contributed by atoms with Gasteiger partial charge in [-0.15, -0.1) is 0 Å². The number of anilines is 1. The van der Waals surface area contributed by atoms with Gasteiger partial charge in [0.15, 0.2) is 0 Å². The van der Waals surface area contributed by atoms with E-state index in [1.165, 1.54) is 5.69 Å². The van der Waals surface area contributed by atoms with Crippen LogP contribution in [0.3, 0.4) is 0 Å². The van der Waals surface area contributed by atoms with Crippen LogP contribution in [0.15, 0.2) is 24.5 Å². The largest absolute Gasteiger partial charge is 0.368 e. The molecule has 0 unspecified atom stereocenters. The van der Waals surface area contributed by atoms with Crippen LogP contribution in [0.2, 0.25) is 0 Å². The lowest BCUT2D eigenvalue weighted by molar-refractivity contribution is 0.0592. The fourth-order valence-electron chi connectivity index (χ4n) is 3.95. The summed E-state index contributed by atoms with van der Waals surface area (Å²) in [5.74, 6) is 0. The molecule has 118 valence electrons. The molecule has 1 spiro atoms. The molecular formula is C14H19N5O2S. The van der Waals surface area contributed by atoms with Crippen LogP contribution in [-0.4, -0.2) is 37.1 Å². The van der Waals surface area contributed by atoms with Crippen molar-refractivity contribution in [2.45, 2.75) is 18.9 Å². The minimum atomic E-state index is -3.59. The van der Waals surface area contributed by atoms with Crippen LogP contribution in [0.5, 0.6) is 0 Å². The van der Waals surface area contributed by atoms with Crippen molar-refractivity contribution in [3.8, 4) is 0 Å². The number of pyridine rings is 1. The highest BCUT2D eigenvalue weighted by Crippen LogP contribution is 2.50. The monoisotopic (exact) mass is 321 g/mol. The molecule has 3 N–H and O–H groups in total. The maximum absolute atomic E-state index is 11.0. The normalized spacial score (nSPS) is 21.1. The molecule has 0 amide bonds. The van der Waals surface area contributed by atoms with Crippen LogP contribution in [0.1, 0.15) is 12.8 Å². The molecule has 4 rings (SSSR count). The molecule has 1 aliphatic heterocycles. The Balaban J connectivity index is 1.47. The molecule has 0 atom stereocenters. The molecule has 7 nitrogen and oxygen atoms in total. The minimum Gasteiger partial charge on any atom is -0.368 e. The van der Waals surface area contributed by atoms with Gasteiger partial charge in [-0.3, -0.25) is 4.98 Å². The lowest BCUT2D eigenvalue weighted by Crippen LogP contribution is -2.67. The number of hydrogen-bond donors (Lipinski definition) is 2. The number of nitrogens with two attached hydrogens (primary N) is 1. The number of fused-ring (bicyclic) bond motifs is 1. The fourth-order valence-corrected chi connectivity index (χ4v) is 4.58. The molecule has 22 heavy (non-hydrogen) atoms. The van der Waals surface area contributed by atoms with Gasteiger partial charge >= 0.3 is 0 Å². The molecule has 1 saturated carbocycles. The number of aromatic nitrogens is 2. The van der Waals surface area contributed by atoms with Crippen LogP contribution in [0, 0.1) is 5.41 Å². The maximum atomic E-state index is 11.0. The van der Waals surface area contributed by atoms with Crippen LogP contribution in [0.4, 0.5) is 5.69 Å². The van der Waals surface area contributed by atoms with E-state index in [4.69, 9.17) is 5.14 Å². The first kappa shape index (κ1) is 14.0. The minimum absolute atomic E-state index is 0.00959. The summed E-state index contributed by atoms with van der Waals surface area (Å²) in [6.07, 6.45) is 5.59. The first-order chi connectivity index (χ1) is 10.4. The summed E-state index contributed by atoms with van der Waals surface area (Å²) in [5, 5.41) is 5.02. The molecule has 0 aromatic carbocycles. The quantitative estimate of drug-likeness (QED) is 0.852. The second-order valence-corrected chi connectivity index (χ2v) is 7.94. The van der Waals surface area contributed by atoms with E-state index in [1.807, 2.05) is 31.6 Å². The summed E-state index contributed by atoms with van der Waals surface area (Å²) in [6.45, 7) is 1.92. The highest BCUT2D eigenvalue weighted by atomic mass is 32.2. The van der Waals surface area contributed by atoms with Gasteiger partial charge < -0.3 is 9.47 Å². The second-order valence-electron chi connectivity index (χ2n) is 6.61. The van der Waals surface area contributed by atoms with Gasteiger partial charge in [0.2, 0.25) is 0 Å². The SMILES string of the molecule is Cn1ccc2nccc(N3CC4(CC(NS(N)(=O)=O)C4)C3)c21. The Kier molecular flexibility index (Phi) is 2.82. The van der Waals surface area contributed by atoms with Gasteiger partial charge in [-0.1, -0.05) is 0 Å². The van der Waals surface area contributed by atoms with E-state index in [-0.39, 0.29) is 11.5 Å². The second kappa shape index (κ2) is 4.43. The smallest absolute Gasteiger partial charge is 0.274 e. The standard InChI is InChI=1S/C14H19N5O2S/c1-18-5-3-11-13(18)12(2-4-16-11)19-8-14(9-19)6-10(7-14)17-22(15,20)21/h2-5,10,17H,6-9H2,1H3,(H2,15,20,21). The van der Waals surface area contributed by atoms with Gasteiger partial charge in [0, 0.05) is 44.0 Å². The van der Waals surface area contributed by atoms with Gasteiger partial charge in [-0.05, 0) is 25.0 Å². The Bertz CT molecular complexity index is 830. The van der Waals surface area contributed by atoms with Crippen LogP contribution >= 0.6 is 0 Å². The van der Waals surface area contributed by atoms with E-state index in [1.54, 1.807) is 0 Å². The molecule has 8 heteroatoms. The van der Waals surface area contributed by atoms with Gasteiger partial charge in [-0.2, -0.15) is 13.1 Å². The molecular weight excluding hydrogens is 302 g/mol. The molecule has 0 bridgehead atoms. The summed E-state index contributed by atoms with van der Waals surface area (Å²) in [7, 11) is -1.56. The van der Waals surface area contributed by atoms with Gasteiger partial charge in [0.25, 0.3) is 10.2 Å². The molecule has 3 heterocycles. The molecule has 2 aliphatic rings. The first-order valence-electron chi connectivity index (χ1n) is 7.30. The average molecular weight is 321 g/mol. The van der Waals surface area contributed by atoms with E-state index >= 15 is 0 Å². The summed E-state index contributed by atoms with van der Waals surface area (Å²) < 4.78 is 26.7. The molecule has 1 aliphatic carbocycles. The van der Waals surface area contributed by atoms with Crippen molar-refractivity contribution < 1.29 is 8.42 Å². The fraction of sp³-hybridized carbons (Fsp3) is 0.500. The van der Waals surface area contributed by atoms with Crippen molar-refractivity contribution >= 4 is 26.9 Å². The van der Waals surface area contributed by atoms with Crippen LogP contribution < -0.4 is 14.8 Å². The van der Waals surface area contributed by atoms with E-state index in [2.05, 4.69) is 19.2 Å². The van der Waals surface area contributed by atoms with Gasteiger partial charge in [0.05, 0.1) is 16.7 Å². The Labute approximate surface area is 129 Å². The molecule has 2 fully saturated rings. The zero-order chi connectivity index (χ0) is 15.5. The van der Waals surface area contributed by atoms with Crippen molar-refractivity contribution in [1.82, 2.24) is 14.3 Å². The predicted octanol–water partition coefficient (Wildman–Crippen LogP) is 0.335. The van der Waals surface area contributed by atoms with Crippen molar-refractivity contribution in [3.05, 3.63) is 24.5 Å². The third-order valence-corrected chi connectivity index (χ3v) is 5.48. The van der Waals surface area contributed by atoms with E-state index in [0.29, 0.717) is 0 Å². The van der Waals surface area contributed by atoms with E-state index in [0.717, 1.165) is 37.0 Å². The molecule has 0 radical (unpaired) electrons. The molecule has 1 saturated heterocycles. The summed E-state index contributed by atoms with van der Waals surface area (Å²) in [6, 6.07) is 4.06. The van der Waals surface area contributed by atoms with E-state index < -0.39 is 10.2 Å². The van der Waals surface area contributed by atoms with Crippen molar-refractivity contribution in [2.75, 3.05) is 18.0 Å². The first-order valence-corrected chi connectivity index (χ1v) is 8.85. The third kappa shape index (κ3) is 2.18. The molecule has 2 aromatic heterocycles. The highest BCUT2D eigenvalue weighted by Gasteiger charge is 2.53. The van der Waals surface area contributed by atoms with Crippen molar-refractivity contribution in [3.63, 3.8) is 0 Å². The Morgan fingerprint density at radius 1 is 1.36 bits per heavy atom. The molecule has 2 aromatic rings. The van der Waals surface area contributed by atoms with Crippen LogP contribution in [-0.2, 0) is 17.3 Å². The summed E-state index contributed by atoms with van der Waals surface area (Å²) in [4.78, 5) is 6.73. The number of hydrogen-bond acceptors (Lipinski definition) is 4. The lowest BCUT2D eigenvalue weighted by atomic mass is 9.61. The highest BCUT2D eigenvalue weighted by molar-refractivity contribution is 7.87. The average Bonchev–Trinajstić information content (AvgIpc) is 2.72. The topological polar surface area (TPSA) is 93.2 Å². The van der Waals surface area contributed by atoms with Gasteiger partial charge in [0.1, 0.15) is 0 Å².